The van der Waals surface area contributed by atoms with E-state index in [2.05, 4.69) is 50.5 Å². The molecular formula is C31H26ClCuN9O19S5+. The number of amidine groups is 1. The third-order valence-corrected chi connectivity index (χ3v) is 12.7. The van der Waals surface area contributed by atoms with Gasteiger partial charge in [0.25, 0.3) is 30.4 Å². The number of sulfone groups is 1. The topological polar surface area (TPSA) is 454 Å². The summed E-state index contributed by atoms with van der Waals surface area (Å²) in [5.74, 6) is -6.80. The number of nitrogens with one attached hydrogen (secondary N) is 3. The number of carbonyl (C=O) groups is 1. The van der Waals surface area contributed by atoms with Gasteiger partial charge in [-0.2, -0.15) is 48.6 Å². The number of benzene rings is 4. The summed E-state index contributed by atoms with van der Waals surface area (Å²) in [6, 6.07) is 12.0. The van der Waals surface area contributed by atoms with Crippen molar-refractivity contribution in [1.29, 1.82) is 0 Å². The molecule has 0 amide bonds. The molecule has 5 rings (SSSR count). The van der Waals surface area contributed by atoms with Gasteiger partial charge in [0.05, 0.1) is 54.7 Å². The number of carboxylic acid groups (broad SMARTS) is 1. The summed E-state index contributed by atoms with van der Waals surface area (Å²) in [4.78, 5) is 19.1. The fourth-order valence-corrected chi connectivity index (χ4v) is 8.37. The summed E-state index contributed by atoms with van der Waals surface area (Å²) < 4.78 is 162. The molecule has 0 saturated carbocycles. The van der Waals surface area contributed by atoms with Crippen LogP contribution in [0.5, 0.6) is 11.5 Å². The Bertz CT molecular complexity index is 3370. The van der Waals surface area contributed by atoms with Crippen LogP contribution in [0.3, 0.4) is 0 Å². The van der Waals surface area contributed by atoms with Crippen LogP contribution in [-0.4, -0.2) is 115 Å². The van der Waals surface area contributed by atoms with E-state index in [4.69, 9.17) is 16.2 Å². The van der Waals surface area contributed by atoms with Crippen LogP contribution in [0.1, 0.15) is 15.9 Å². The summed E-state index contributed by atoms with van der Waals surface area (Å²) in [5, 5.41) is 45.5. The van der Waals surface area contributed by atoms with E-state index in [9.17, 15) is 75.9 Å². The number of aromatic carboxylic acids is 1. The van der Waals surface area contributed by atoms with Crippen molar-refractivity contribution in [1.82, 2.24) is 15.0 Å². The first-order chi connectivity index (χ1) is 30.0. The maximum atomic E-state index is 12.9. The fraction of sp³-hybridized carbons (Fsp3) is 0.0645. The van der Waals surface area contributed by atoms with Crippen LogP contribution >= 0.6 is 11.6 Å². The number of hydrogen-bond acceptors (Lipinski definition) is 20. The molecule has 0 saturated heterocycles. The Morgan fingerprint density at radius 3 is 1.85 bits per heavy atom. The average Bonchev–Trinajstić information content (AvgIpc) is 3.18. The van der Waals surface area contributed by atoms with Gasteiger partial charge in [0.1, 0.15) is 16.3 Å². The quantitative estimate of drug-likeness (QED) is 0.0120. The van der Waals surface area contributed by atoms with Crippen molar-refractivity contribution < 1.29 is 107 Å². The third kappa shape index (κ3) is 13.8. The second kappa shape index (κ2) is 20.2. The Morgan fingerprint density at radius 1 is 0.727 bits per heavy atom. The van der Waals surface area contributed by atoms with Crippen molar-refractivity contribution in [3.05, 3.63) is 94.6 Å². The number of anilines is 4. The van der Waals surface area contributed by atoms with E-state index in [-0.39, 0.29) is 28.5 Å². The van der Waals surface area contributed by atoms with Crippen molar-refractivity contribution in [3.63, 3.8) is 0 Å². The van der Waals surface area contributed by atoms with Gasteiger partial charge in [0, 0.05) is 0 Å². The molecule has 0 atom stereocenters. The number of nitrogens with zero attached hydrogens (tertiary/aromatic N) is 6. The maximum Gasteiger partial charge on any atom is 1.00 e. The molecule has 28 nitrogen and oxygen atoms in total. The van der Waals surface area contributed by atoms with Crippen molar-refractivity contribution in [3.8, 4) is 11.5 Å². The molecule has 10 N–H and O–H groups in total. The number of rotatable bonds is 17. The van der Waals surface area contributed by atoms with Gasteiger partial charge in [0.2, 0.25) is 17.2 Å². The Morgan fingerprint density at radius 2 is 1.30 bits per heavy atom. The van der Waals surface area contributed by atoms with Crippen molar-refractivity contribution in [2.75, 3.05) is 23.0 Å². The van der Waals surface area contributed by atoms with Crippen LogP contribution in [0, 0.1) is 0 Å². The van der Waals surface area contributed by atoms with Crippen molar-refractivity contribution in [2.24, 2.45) is 10.2 Å². The molecule has 0 aliphatic carbocycles. The number of phenolic OH excluding ortho intramolecular Hbond substituents is 2. The minimum absolute atomic E-state index is 0. The first-order valence-electron chi connectivity index (χ1n) is 16.7. The van der Waals surface area contributed by atoms with E-state index in [1.807, 2.05) is 0 Å². The molecule has 0 aliphatic rings. The van der Waals surface area contributed by atoms with Crippen LogP contribution in [-0.2, 0) is 71.8 Å². The van der Waals surface area contributed by atoms with E-state index in [1.54, 1.807) is 6.07 Å². The zero-order valence-corrected chi connectivity index (χ0v) is 37.6. The standard InChI is InChI=1S/C31H26ClN9O19S5.Cu/c32-29-35-30(37-31(36-29)34-22-11-17(14-24(26(22)43)64(54,55)56)61(46,47)9-8-60-65(57,58)59)33-21-12-18(63(51,52)53)13-23(25(21)42)39-41-27(15-4-2-1-3-5-15)40-38-20-10-16(62(48,49)50)6-7-19(20)28(44)45;/h1-7,10-14H,8-9H2,(H10-,33,34,35,36,37,38,39,40,41,42,43,44,45,48,49,50,51,52,53,54,55,56,57,58,59);/q;+1. The maximum absolute atomic E-state index is 12.9. The van der Waals surface area contributed by atoms with Gasteiger partial charge < -0.3 is 36.5 Å². The number of halogens is 1. The van der Waals surface area contributed by atoms with Crippen LogP contribution in [0.2, 0.25) is 5.28 Å². The normalized spacial score (nSPS) is 12.7. The SMILES string of the molecule is O=C(O)c1ccc(S(=O)(=O)O)cc1N=N/C(=[NH+]\[N-]c1cc(S(=O)(=O)O)cc(Nc2nc(Cl)nc(Nc3cc(S(=O)(=O)CCOS(=O)(=O)O)cc(S(=O)(=O)O)c3O)n2)c1O)c1ccccc1.[Cu+]. The summed E-state index contributed by atoms with van der Waals surface area (Å²) in [6.45, 7) is -1.16. The predicted molar refractivity (Wildman–Crippen MR) is 219 cm³/mol. The third-order valence-electron chi connectivity index (χ3n) is 7.82. The van der Waals surface area contributed by atoms with Gasteiger partial charge in [-0.25, -0.2) is 17.4 Å². The van der Waals surface area contributed by atoms with Gasteiger partial charge in [-0.15, -0.1) is 0 Å². The minimum Gasteiger partial charge on any atom is -0.507 e. The number of carboxylic acids is 1. The summed E-state index contributed by atoms with van der Waals surface area (Å²) >= 11 is 6.03. The van der Waals surface area contributed by atoms with Gasteiger partial charge in [-0.1, -0.05) is 23.9 Å². The molecule has 356 valence electrons. The van der Waals surface area contributed by atoms with E-state index in [1.165, 1.54) is 24.3 Å². The van der Waals surface area contributed by atoms with Crippen molar-refractivity contribution >= 4 is 109 Å². The molecule has 0 unspecified atom stereocenters. The summed E-state index contributed by atoms with van der Waals surface area (Å²) in [6.07, 6.45) is 0. The smallest absolute Gasteiger partial charge is 0.507 e. The number of phenols is 2. The van der Waals surface area contributed by atoms with Crippen molar-refractivity contribution in [2.45, 2.75) is 19.6 Å². The zero-order valence-electron chi connectivity index (χ0n) is 31.8. The fourth-order valence-electron chi connectivity index (χ4n) is 4.94. The van der Waals surface area contributed by atoms with E-state index < -0.39 is 145 Å². The average molecular weight is 1090 g/mol. The number of aromatic nitrogens is 3. The van der Waals surface area contributed by atoms with Gasteiger partial charge in [-0.05, 0) is 71.3 Å². The largest absolute Gasteiger partial charge is 1.00 e. The number of hydrogen-bond donors (Lipinski definition) is 10. The molecule has 0 bridgehead atoms. The Kier molecular flexibility index (Phi) is 16.1. The first-order valence-corrected chi connectivity index (χ1v) is 24.4. The second-order valence-electron chi connectivity index (χ2n) is 12.3. The molecule has 66 heavy (non-hydrogen) atoms. The first kappa shape index (κ1) is 52.6. The monoisotopic (exact) mass is 1090 g/mol. The van der Waals surface area contributed by atoms with E-state index in [0.29, 0.717) is 30.3 Å². The molecule has 0 spiro atoms. The number of azo groups is 1. The number of aromatic hydroxyl groups is 2. The van der Waals surface area contributed by atoms with Gasteiger partial charge >= 0.3 is 39.3 Å². The van der Waals surface area contributed by atoms with Crippen LogP contribution in [0.25, 0.3) is 5.43 Å². The van der Waals surface area contributed by atoms with Gasteiger partial charge in [0.15, 0.2) is 15.6 Å². The molecule has 0 radical (unpaired) electrons. The second-order valence-corrected chi connectivity index (χ2v) is 20.0. The summed E-state index contributed by atoms with van der Waals surface area (Å²) in [5.41, 5.74) is 0.782. The molecule has 4 aromatic carbocycles. The van der Waals surface area contributed by atoms with Crippen LogP contribution in [0.4, 0.5) is 34.6 Å². The molecule has 1 aromatic heterocycles. The van der Waals surface area contributed by atoms with Gasteiger partial charge in [-0.3, -0.25) is 18.2 Å². The zero-order chi connectivity index (χ0) is 48.3. The predicted octanol–water partition coefficient (Wildman–Crippen LogP) is 1.68. The van der Waals surface area contributed by atoms with E-state index in [0.717, 1.165) is 12.1 Å². The molecule has 0 aliphatic heterocycles. The summed E-state index contributed by atoms with van der Waals surface area (Å²) in [7, 11) is -25.2. The van der Waals surface area contributed by atoms with Crippen LogP contribution < -0.4 is 15.7 Å². The molecule has 0 fully saturated rings. The molecule has 1 heterocycles. The van der Waals surface area contributed by atoms with Crippen LogP contribution in [0.15, 0.2) is 103 Å². The Labute approximate surface area is 387 Å². The Hall–Kier alpha value is -6.01. The molecule has 35 heteroatoms. The Balaban J connectivity index is 0.00000952. The molecule has 5 aromatic rings. The minimum atomic E-state index is -5.40. The molecular weight excluding hydrogens is 1060 g/mol. The van der Waals surface area contributed by atoms with E-state index >= 15 is 0 Å².